The molecular weight excluding hydrogens is 269 g/mol. The Kier molecular flexibility index (Phi) is 3.48. The number of nitrogens with zero attached hydrogens (tertiary/aromatic N) is 1. The maximum atomic E-state index is 11.5. The molecule has 0 saturated carbocycles. The molecule has 0 spiro atoms. The highest BCUT2D eigenvalue weighted by molar-refractivity contribution is 7.61. The third kappa shape index (κ3) is 2.71. The van der Waals surface area contributed by atoms with Crippen molar-refractivity contribution >= 4 is 18.6 Å². The molecule has 0 heterocycles. The van der Waals surface area contributed by atoms with Crippen LogP contribution in [-0.4, -0.2) is 14.7 Å². The van der Waals surface area contributed by atoms with Crippen LogP contribution in [0.1, 0.15) is 0 Å². The van der Waals surface area contributed by atoms with E-state index in [1.54, 1.807) is 30.3 Å². The zero-order valence-electron chi connectivity index (χ0n) is 9.63. The van der Waals surface area contributed by atoms with Crippen LogP contribution >= 0.6 is 7.60 Å². The quantitative estimate of drug-likeness (QED) is 0.509. The maximum absolute atomic E-state index is 11.5. The molecule has 0 aliphatic carbocycles. The molecule has 98 valence electrons. The Hall–Kier alpha value is -2.01. The van der Waals surface area contributed by atoms with Gasteiger partial charge >= 0.3 is 7.60 Å². The lowest BCUT2D eigenvalue weighted by atomic mass is 10.1. The lowest BCUT2D eigenvalue weighted by Gasteiger charge is -2.11. The van der Waals surface area contributed by atoms with Gasteiger partial charge in [0.2, 0.25) is 0 Å². The van der Waals surface area contributed by atoms with E-state index >= 15 is 0 Å². The molecule has 0 aliphatic heterocycles. The van der Waals surface area contributed by atoms with Crippen LogP contribution in [0.15, 0.2) is 48.5 Å². The molecule has 2 aromatic rings. The van der Waals surface area contributed by atoms with Crippen LogP contribution in [-0.2, 0) is 4.57 Å². The molecule has 0 saturated heterocycles. The van der Waals surface area contributed by atoms with Gasteiger partial charge in [0.25, 0.3) is 5.69 Å². The average molecular weight is 279 g/mol. The normalized spacial score (nSPS) is 11.3. The molecule has 0 bridgehead atoms. The van der Waals surface area contributed by atoms with Gasteiger partial charge in [-0.15, -0.1) is 0 Å². The number of rotatable bonds is 3. The highest BCUT2D eigenvalue weighted by Gasteiger charge is 2.32. The lowest BCUT2D eigenvalue weighted by molar-refractivity contribution is -0.383. The van der Waals surface area contributed by atoms with Crippen molar-refractivity contribution in [3.8, 4) is 11.1 Å². The second-order valence-corrected chi connectivity index (χ2v) is 5.38. The molecule has 19 heavy (non-hydrogen) atoms. The molecule has 0 radical (unpaired) electrons. The SMILES string of the molecule is O=[N+]([O-])c1cccc(-c2ccccc2)c1P(=O)(O)O. The van der Waals surface area contributed by atoms with Gasteiger partial charge in [-0.05, 0) is 5.56 Å². The van der Waals surface area contributed by atoms with Crippen molar-refractivity contribution in [3.63, 3.8) is 0 Å². The summed E-state index contributed by atoms with van der Waals surface area (Å²) in [5.74, 6) is 0. The third-order valence-corrected chi connectivity index (χ3v) is 3.64. The fourth-order valence-electron chi connectivity index (χ4n) is 1.84. The highest BCUT2D eigenvalue weighted by atomic mass is 31.2. The Labute approximate surface area is 108 Å². The van der Waals surface area contributed by atoms with Crippen molar-refractivity contribution in [2.24, 2.45) is 0 Å². The van der Waals surface area contributed by atoms with E-state index in [4.69, 9.17) is 0 Å². The van der Waals surface area contributed by atoms with Gasteiger partial charge < -0.3 is 9.79 Å². The minimum absolute atomic E-state index is 0.170. The number of benzene rings is 2. The molecule has 6 nitrogen and oxygen atoms in total. The van der Waals surface area contributed by atoms with E-state index in [1.165, 1.54) is 12.1 Å². The first-order chi connectivity index (χ1) is 8.91. The van der Waals surface area contributed by atoms with Crippen LogP contribution in [0.25, 0.3) is 11.1 Å². The summed E-state index contributed by atoms with van der Waals surface area (Å²) in [6.07, 6.45) is 0. The van der Waals surface area contributed by atoms with Gasteiger partial charge in [0.05, 0.1) is 4.92 Å². The van der Waals surface area contributed by atoms with Crippen molar-refractivity contribution in [1.29, 1.82) is 0 Å². The minimum atomic E-state index is -4.75. The van der Waals surface area contributed by atoms with E-state index in [-0.39, 0.29) is 5.56 Å². The highest BCUT2D eigenvalue weighted by Crippen LogP contribution is 2.41. The van der Waals surface area contributed by atoms with E-state index in [1.807, 2.05) is 0 Å². The fourth-order valence-corrected chi connectivity index (χ4v) is 2.81. The zero-order chi connectivity index (χ0) is 14.0. The second-order valence-electron chi connectivity index (χ2n) is 3.84. The largest absolute Gasteiger partial charge is 0.363 e. The molecule has 0 fully saturated rings. The van der Waals surface area contributed by atoms with Gasteiger partial charge in [-0.2, -0.15) is 0 Å². The van der Waals surface area contributed by atoms with Crippen molar-refractivity contribution in [1.82, 2.24) is 0 Å². The fraction of sp³-hybridized carbons (Fsp3) is 0. The smallest absolute Gasteiger partial charge is 0.321 e. The number of hydrogen-bond donors (Lipinski definition) is 2. The Morgan fingerprint density at radius 2 is 1.63 bits per heavy atom. The molecule has 0 aromatic heterocycles. The van der Waals surface area contributed by atoms with Crippen LogP contribution in [0, 0.1) is 10.1 Å². The molecule has 0 unspecified atom stereocenters. The topological polar surface area (TPSA) is 101 Å². The summed E-state index contributed by atoms with van der Waals surface area (Å²) in [7, 11) is -4.75. The predicted octanol–water partition coefficient (Wildman–Crippen LogP) is 2.06. The number of hydrogen-bond acceptors (Lipinski definition) is 3. The van der Waals surface area contributed by atoms with Crippen molar-refractivity contribution in [2.75, 3.05) is 0 Å². The van der Waals surface area contributed by atoms with Crippen LogP contribution in [0.4, 0.5) is 5.69 Å². The first-order valence-corrected chi connectivity index (χ1v) is 6.91. The average Bonchev–Trinajstić information content (AvgIpc) is 2.38. The molecular formula is C12H10NO5P. The lowest BCUT2D eigenvalue weighted by Crippen LogP contribution is -2.13. The monoisotopic (exact) mass is 279 g/mol. The van der Waals surface area contributed by atoms with Crippen LogP contribution in [0.2, 0.25) is 0 Å². The summed E-state index contributed by atoms with van der Waals surface area (Å²) >= 11 is 0. The van der Waals surface area contributed by atoms with E-state index in [0.717, 1.165) is 6.07 Å². The van der Waals surface area contributed by atoms with Gasteiger partial charge in [0, 0.05) is 11.6 Å². The third-order valence-electron chi connectivity index (χ3n) is 2.59. The van der Waals surface area contributed by atoms with Crippen LogP contribution in [0.3, 0.4) is 0 Å². The molecule has 0 amide bonds. The van der Waals surface area contributed by atoms with E-state index in [2.05, 4.69) is 0 Å². The summed E-state index contributed by atoms with van der Waals surface area (Å²) in [6, 6.07) is 12.3. The Morgan fingerprint density at radius 1 is 1.00 bits per heavy atom. The van der Waals surface area contributed by atoms with Gasteiger partial charge in [-0.25, -0.2) is 0 Å². The summed E-state index contributed by atoms with van der Waals surface area (Å²) in [6.45, 7) is 0. The summed E-state index contributed by atoms with van der Waals surface area (Å²) in [5, 5.41) is 10.4. The first kappa shape index (κ1) is 13.4. The van der Waals surface area contributed by atoms with E-state index in [9.17, 15) is 24.5 Å². The zero-order valence-corrected chi connectivity index (χ0v) is 10.5. The second kappa shape index (κ2) is 4.93. The summed E-state index contributed by atoms with van der Waals surface area (Å²) < 4.78 is 11.5. The molecule has 0 aliphatic rings. The van der Waals surface area contributed by atoms with E-state index < -0.39 is 23.5 Å². The standard InChI is InChI=1S/C12H10NO5P/c14-13(15)11-8-4-7-10(12(11)19(16,17)18)9-5-2-1-3-6-9/h1-8H,(H2,16,17,18). The molecule has 0 atom stereocenters. The van der Waals surface area contributed by atoms with Crippen LogP contribution < -0.4 is 5.30 Å². The Bertz CT molecular complexity index is 665. The van der Waals surface area contributed by atoms with Crippen LogP contribution in [0.5, 0.6) is 0 Å². The van der Waals surface area contributed by atoms with Gasteiger partial charge in [0.15, 0.2) is 0 Å². The summed E-state index contributed by atoms with van der Waals surface area (Å²) in [5.41, 5.74) is 0.113. The van der Waals surface area contributed by atoms with Gasteiger partial charge in [-0.3, -0.25) is 14.7 Å². The summed E-state index contributed by atoms with van der Waals surface area (Å²) in [4.78, 5) is 28.9. The Balaban J connectivity index is 2.79. The van der Waals surface area contributed by atoms with Gasteiger partial charge in [0.1, 0.15) is 5.30 Å². The van der Waals surface area contributed by atoms with Crippen molar-refractivity contribution < 1.29 is 19.3 Å². The molecule has 2 aromatic carbocycles. The number of nitro benzene ring substituents is 1. The Morgan fingerprint density at radius 3 is 2.16 bits per heavy atom. The first-order valence-electron chi connectivity index (χ1n) is 5.30. The molecule has 2 N–H and O–H groups in total. The van der Waals surface area contributed by atoms with E-state index in [0.29, 0.717) is 5.56 Å². The van der Waals surface area contributed by atoms with Crippen molar-refractivity contribution in [2.45, 2.75) is 0 Å². The molecule has 2 rings (SSSR count). The minimum Gasteiger partial charge on any atom is -0.321 e. The van der Waals surface area contributed by atoms with Crippen molar-refractivity contribution in [3.05, 3.63) is 58.6 Å². The predicted molar refractivity (Wildman–Crippen MR) is 70.2 cm³/mol. The molecule has 7 heteroatoms. The maximum Gasteiger partial charge on any atom is 0.363 e. The number of nitro groups is 1. The van der Waals surface area contributed by atoms with Gasteiger partial charge in [-0.1, -0.05) is 42.5 Å².